The highest BCUT2D eigenvalue weighted by atomic mass is 32.2. The minimum absolute atomic E-state index is 0.149. The van der Waals surface area contributed by atoms with Crippen molar-refractivity contribution in [1.29, 1.82) is 0 Å². The van der Waals surface area contributed by atoms with E-state index in [0.29, 0.717) is 12.2 Å². The first-order valence-corrected chi connectivity index (χ1v) is 13.1. The number of benzene rings is 3. The van der Waals surface area contributed by atoms with Crippen molar-refractivity contribution < 1.29 is 17.9 Å². The van der Waals surface area contributed by atoms with E-state index in [1.54, 1.807) is 48.5 Å². The first kappa shape index (κ1) is 24.9. The van der Waals surface area contributed by atoms with Gasteiger partial charge in [-0.25, -0.2) is 8.42 Å². The van der Waals surface area contributed by atoms with E-state index < -0.39 is 10.0 Å². The van der Waals surface area contributed by atoms with Crippen LogP contribution in [-0.4, -0.2) is 52.1 Å². The third-order valence-electron chi connectivity index (χ3n) is 5.96. The zero-order valence-electron chi connectivity index (χ0n) is 19.9. The number of morpholine rings is 1. The lowest BCUT2D eigenvalue weighted by Crippen LogP contribution is -2.40. The summed E-state index contributed by atoms with van der Waals surface area (Å²) < 4.78 is 33.3. The van der Waals surface area contributed by atoms with Crippen molar-refractivity contribution in [3.63, 3.8) is 0 Å². The smallest absolute Gasteiger partial charge is 0.264 e. The second kappa shape index (κ2) is 11.5. The fourth-order valence-corrected chi connectivity index (χ4v) is 5.33. The minimum Gasteiger partial charge on any atom is -0.379 e. The highest BCUT2D eigenvalue weighted by molar-refractivity contribution is 7.92. The van der Waals surface area contributed by atoms with Gasteiger partial charge in [0.15, 0.2) is 0 Å². The number of hydrogen-bond acceptors (Lipinski definition) is 5. The summed E-state index contributed by atoms with van der Waals surface area (Å²) in [7, 11) is -3.91. The molecule has 0 unspecified atom stereocenters. The van der Waals surface area contributed by atoms with Crippen molar-refractivity contribution in [2.24, 2.45) is 0 Å². The Hall–Kier alpha value is -3.20. The molecule has 35 heavy (non-hydrogen) atoms. The number of amides is 1. The van der Waals surface area contributed by atoms with Crippen molar-refractivity contribution in [2.75, 3.05) is 37.2 Å². The molecule has 1 saturated heterocycles. The predicted molar refractivity (Wildman–Crippen MR) is 137 cm³/mol. The monoisotopic (exact) mass is 493 g/mol. The van der Waals surface area contributed by atoms with Crippen LogP contribution in [0.15, 0.2) is 83.8 Å². The Morgan fingerprint density at radius 3 is 2.20 bits per heavy atom. The van der Waals surface area contributed by atoms with Gasteiger partial charge < -0.3 is 10.1 Å². The number of anilines is 1. The molecule has 0 saturated carbocycles. The van der Waals surface area contributed by atoms with E-state index in [0.717, 1.165) is 48.3 Å². The summed E-state index contributed by atoms with van der Waals surface area (Å²) in [6.45, 7) is 6.18. The van der Waals surface area contributed by atoms with Crippen LogP contribution in [0.3, 0.4) is 0 Å². The van der Waals surface area contributed by atoms with Crippen LogP contribution in [0.2, 0.25) is 0 Å². The van der Waals surface area contributed by atoms with E-state index in [1.165, 1.54) is 5.56 Å². The molecule has 8 heteroatoms. The summed E-state index contributed by atoms with van der Waals surface area (Å²) in [6.07, 6.45) is 0. The number of carbonyl (C=O) groups is 1. The van der Waals surface area contributed by atoms with Gasteiger partial charge in [0.25, 0.3) is 10.0 Å². The van der Waals surface area contributed by atoms with Crippen molar-refractivity contribution in [1.82, 2.24) is 10.2 Å². The zero-order chi connectivity index (χ0) is 24.7. The fraction of sp³-hybridized carbons (Fsp3) is 0.296. The molecule has 0 radical (unpaired) electrons. The maximum absolute atomic E-state index is 13.4. The van der Waals surface area contributed by atoms with E-state index in [-0.39, 0.29) is 17.3 Å². The molecule has 1 aliphatic rings. The molecule has 0 bridgehead atoms. The van der Waals surface area contributed by atoms with Gasteiger partial charge in [-0.15, -0.1) is 0 Å². The van der Waals surface area contributed by atoms with E-state index in [1.807, 2.05) is 25.1 Å². The summed E-state index contributed by atoms with van der Waals surface area (Å²) in [4.78, 5) is 15.3. The third kappa shape index (κ3) is 6.69. The molecule has 1 amide bonds. The summed E-state index contributed by atoms with van der Waals surface area (Å²) in [6, 6.07) is 23.4. The van der Waals surface area contributed by atoms with E-state index >= 15 is 0 Å². The van der Waals surface area contributed by atoms with Gasteiger partial charge in [-0.1, -0.05) is 60.2 Å². The Kier molecular flexibility index (Phi) is 8.17. The Balaban J connectivity index is 1.40. The number of nitrogens with one attached hydrogen (secondary N) is 1. The summed E-state index contributed by atoms with van der Waals surface area (Å²) in [5.74, 6) is -0.373. The van der Waals surface area contributed by atoms with Gasteiger partial charge in [-0.3, -0.25) is 14.0 Å². The van der Waals surface area contributed by atoms with Crippen LogP contribution in [0.1, 0.15) is 16.7 Å². The van der Waals surface area contributed by atoms with Gasteiger partial charge in [0.2, 0.25) is 5.91 Å². The van der Waals surface area contributed by atoms with Gasteiger partial charge in [0.05, 0.1) is 23.8 Å². The molecule has 3 aromatic carbocycles. The quantitative estimate of drug-likeness (QED) is 0.495. The lowest BCUT2D eigenvalue weighted by atomic mass is 10.1. The van der Waals surface area contributed by atoms with Crippen LogP contribution in [0.4, 0.5) is 5.69 Å². The second-order valence-electron chi connectivity index (χ2n) is 8.64. The number of carbonyl (C=O) groups excluding carboxylic acids is 1. The lowest BCUT2D eigenvalue weighted by molar-refractivity contribution is -0.119. The van der Waals surface area contributed by atoms with Crippen LogP contribution in [0, 0.1) is 6.92 Å². The van der Waals surface area contributed by atoms with Gasteiger partial charge in [-0.05, 0) is 42.3 Å². The molecular weight excluding hydrogens is 462 g/mol. The van der Waals surface area contributed by atoms with Crippen molar-refractivity contribution in [3.05, 3.63) is 95.6 Å². The third-order valence-corrected chi connectivity index (χ3v) is 7.75. The van der Waals surface area contributed by atoms with Crippen LogP contribution in [0.5, 0.6) is 0 Å². The molecule has 0 spiro atoms. The number of ether oxygens (including phenoxy) is 1. The predicted octanol–water partition coefficient (Wildman–Crippen LogP) is 3.34. The molecule has 4 rings (SSSR count). The highest BCUT2D eigenvalue weighted by Crippen LogP contribution is 2.23. The fourth-order valence-electron chi connectivity index (χ4n) is 3.91. The van der Waals surface area contributed by atoms with Crippen LogP contribution in [0.25, 0.3) is 0 Å². The maximum Gasteiger partial charge on any atom is 0.264 e. The number of para-hydroxylation sites is 1. The Bertz CT molecular complexity index is 1210. The number of hydrogen-bond donors (Lipinski definition) is 1. The molecule has 3 aromatic rings. The Morgan fingerprint density at radius 2 is 1.54 bits per heavy atom. The topological polar surface area (TPSA) is 79.0 Å². The average molecular weight is 494 g/mol. The van der Waals surface area contributed by atoms with Crippen LogP contribution < -0.4 is 9.62 Å². The largest absolute Gasteiger partial charge is 0.379 e. The number of nitrogens with zero attached hydrogens (tertiary/aromatic N) is 2. The molecule has 1 heterocycles. The Labute approximate surface area is 207 Å². The molecule has 0 atom stereocenters. The van der Waals surface area contributed by atoms with E-state index in [9.17, 15) is 13.2 Å². The highest BCUT2D eigenvalue weighted by Gasteiger charge is 2.27. The molecule has 0 aromatic heterocycles. The Morgan fingerprint density at radius 1 is 0.914 bits per heavy atom. The van der Waals surface area contributed by atoms with E-state index in [4.69, 9.17) is 4.74 Å². The SMILES string of the molecule is Cc1ccc(S(=O)(=O)N(CC(=O)NCc2ccc(CN3CCOCC3)cc2)c2ccccc2)cc1. The molecule has 1 N–H and O–H groups in total. The lowest BCUT2D eigenvalue weighted by Gasteiger charge is -2.26. The summed E-state index contributed by atoms with van der Waals surface area (Å²) >= 11 is 0. The number of sulfonamides is 1. The molecule has 0 aliphatic carbocycles. The van der Waals surface area contributed by atoms with E-state index in [2.05, 4.69) is 22.3 Å². The average Bonchev–Trinajstić information content (AvgIpc) is 2.88. The summed E-state index contributed by atoms with van der Waals surface area (Å²) in [5, 5.41) is 2.86. The summed E-state index contributed by atoms with van der Waals surface area (Å²) in [5.41, 5.74) is 3.57. The van der Waals surface area contributed by atoms with Gasteiger partial charge in [-0.2, -0.15) is 0 Å². The maximum atomic E-state index is 13.4. The zero-order valence-corrected chi connectivity index (χ0v) is 20.7. The first-order valence-electron chi connectivity index (χ1n) is 11.7. The van der Waals surface area contributed by atoms with Crippen molar-refractivity contribution in [2.45, 2.75) is 24.9 Å². The molecule has 7 nitrogen and oxygen atoms in total. The molecule has 1 aliphatic heterocycles. The van der Waals surface area contributed by atoms with Crippen LogP contribution in [-0.2, 0) is 32.6 Å². The standard InChI is InChI=1S/C27H31N3O4S/c1-22-7-13-26(14-8-22)35(32,33)30(25-5-3-2-4-6-25)21-27(31)28-19-23-9-11-24(12-10-23)20-29-15-17-34-18-16-29/h2-14H,15-21H2,1H3,(H,28,31). The number of aryl methyl sites for hydroxylation is 1. The van der Waals surface area contributed by atoms with Crippen molar-refractivity contribution >= 4 is 21.6 Å². The van der Waals surface area contributed by atoms with Gasteiger partial charge in [0, 0.05) is 26.2 Å². The molecule has 1 fully saturated rings. The minimum atomic E-state index is -3.91. The molecular formula is C27H31N3O4S. The van der Waals surface area contributed by atoms with Gasteiger partial charge in [0.1, 0.15) is 6.54 Å². The number of rotatable bonds is 9. The van der Waals surface area contributed by atoms with Crippen LogP contribution >= 0.6 is 0 Å². The molecule has 184 valence electrons. The normalized spacial score (nSPS) is 14.4. The van der Waals surface area contributed by atoms with Crippen molar-refractivity contribution in [3.8, 4) is 0 Å². The second-order valence-corrected chi connectivity index (χ2v) is 10.5. The van der Waals surface area contributed by atoms with Gasteiger partial charge >= 0.3 is 0 Å². The first-order chi connectivity index (χ1) is 16.9.